The van der Waals surface area contributed by atoms with Crippen molar-refractivity contribution in [3.8, 4) is 11.5 Å². The number of carbonyl (C=O) groups is 1. The van der Waals surface area contributed by atoms with E-state index in [0.29, 0.717) is 30.1 Å². The Morgan fingerprint density at radius 1 is 1.03 bits per heavy atom. The Kier molecular flexibility index (Phi) is 9.63. The van der Waals surface area contributed by atoms with Crippen molar-refractivity contribution in [2.45, 2.75) is 30.3 Å². The Morgan fingerprint density at radius 2 is 1.72 bits per heavy atom. The van der Waals surface area contributed by atoms with Crippen molar-refractivity contribution in [1.82, 2.24) is 9.79 Å². The van der Waals surface area contributed by atoms with Gasteiger partial charge >= 0.3 is 0 Å². The number of hydroxylamine groups is 1. The Balaban J connectivity index is 2.02. The van der Waals surface area contributed by atoms with E-state index < -0.39 is 22.0 Å². The molecule has 0 aliphatic rings. The topological polar surface area (TPSA) is 105 Å². The maximum absolute atomic E-state index is 13.9. The van der Waals surface area contributed by atoms with E-state index in [1.165, 1.54) is 19.2 Å². The summed E-state index contributed by atoms with van der Waals surface area (Å²) in [5.41, 5.74) is 2.99. The molecule has 3 rings (SSSR count). The van der Waals surface area contributed by atoms with Gasteiger partial charge in [-0.2, -0.15) is 4.31 Å². The summed E-state index contributed by atoms with van der Waals surface area (Å²) < 4.78 is 39.7. The van der Waals surface area contributed by atoms with Crippen LogP contribution in [-0.2, 0) is 27.8 Å². The van der Waals surface area contributed by atoms with Crippen LogP contribution in [0.3, 0.4) is 0 Å². The standard InChI is InChI=1S/C27H30N2O6S/c1-3-4-17-35-23-13-15-25(16-14-23)36(32,33)29(20-22-11-8-12-24(18-22)34-2)26(27(30)28-31)19-21-9-6-5-7-10-21/h3,5-16,18,26,31H,1,4,17,19-20H2,2H3,(H,28,30)/t26-/m1/s1. The average molecular weight is 511 g/mol. The molecule has 0 saturated carbocycles. The van der Waals surface area contributed by atoms with Gasteiger partial charge in [0.1, 0.15) is 17.5 Å². The zero-order chi connectivity index (χ0) is 26.0. The first kappa shape index (κ1) is 26.9. The number of nitrogens with one attached hydrogen (secondary N) is 1. The number of amides is 1. The zero-order valence-electron chi connectivity index (χ0n) is 20.0. The largest absolute Gasteiger partial charge is 0.497 e. The smallest absolute Gasteiger partial charge is 0.262 e. The Bertz CT molecular complexity index is 1250. The molecule has 3 aromatic carbocycles. The molecule has 9 heteroatoms. The van der Waals surface area contributed by atoms with Crippen LogP contribution in [0.4, 0.5) is 0 Å². The summed E-state index contributed by atoms with van der Waals surface area (Å²) >= 11 is 0. The third-order valence-electron chi connectivity index (χ3n) is 5.53. The minimum Gasteiger partial charge on any atom is -0.497 e. The first-order valence-corrected chi connectivity index (χ1v) is 12.8. The van der Waals surface area contributed by atoms with Crippen LogP contribution in [0, 0.1) is 0 Å². The van der Waals surface area contributed by atoms with Crippen LogP contribution < -0.4 is 15.0 Å². The van der Waals surface area contributed by atoms with Gasteiger partial charge in [-0.25, -0.2) is 13.9 Å². The number of methoxy groups -OCH3 is 1. The summed E-state index contributed by atoms with van der Waals surface area (Å²) in [6, 6.07) is 20.7. The number of rotatable bonds is 13. The summed E-state index contributed by atoms with van der Waals surface area (Å²) in [5, 5.41) is 9.49. The van der Waals surface area contributed by atoms with Crippen LogP contribution in [0.15, 0.2) is 96.4 Å². The average Bonchev–Trinajstić information content (AvgIpc) is 2.91. The fourth-order valence-electron chi connectivity index (χ4n) is 3.65. The van der Waals surface area contributed by atoms with Crippen LogP contribution in [0.5, 0.6) is 11.5 Å². The van der Waals surface area contributed by atoms with E-state index in [0.717, 1.165) is 9.87 Å². The first-order valence-electron chi connectivity index (χ1n) is 11.4. The van der Waals surface area contributed by atoms with Crippen molar-refractivity contribution in [2.24, 2.45) is 0 Å². The highest BCUT2D eigenvalue weighted by Gasteiger charge is 2.36. The van der Waals surface area contributed by atoms with Crippen molar-refractivity contribution >= 4 is 15.9 Å². The maximum atomic E-state index is 13.9. The predicted molar refractivity (Wildman–Crippen MR) is 136 cm³/mol. The van der Waals surface area contributed by atoms with Crippen LogP contribution in [0.2, 0.25) is 0 Å². The van der Waals surface area contributed by atoms with Gasteiger partial charge in [0.15, 0.2) is 0 Å². The van der Waals surface area contributed by atoms with Gasteiger partial charge in [-0.3, -0.25) is 10.0 Å². The van der Waals surface area contributed by atoms with Gasteiger partial charge in [-0.1, -0.05) is 48.5 Å². The summed E-state index contributed by atoms with van der Waals surface area (Å²) in [6.45, 7) is 3.95. The second-order valence-corrected chi connectivity index (χ2v) is 9.87. The molecule has 2 N–H and O–H groups in total. The van der Waals surface area contributed by atoms with Crippen molar-refractivity contribution < 1.29 is 27.9 Å². The molecule has 0 saturated heterocycles. The van der Waals surface area contributed by atoms with E-state index in [4.69, 9.17) is 9.47 Å². The molecule has 1 atom stereocenters. The predicted octanol–water partition coefficient (Wildman–Crippen LogP) is 3.96. The second kappa shape index (κ2) is 12.9. The SMILES string of the molecule is C=CCCOc1ccc(S(=O)(=O)N(Cc2cccc(OC)c2)[C@H](Cc2ccccc2)C(=O)NO)cc1. The Hall–Kier alpha value is -3.66. The molecule has 0 bridgehead atoms. The molecule has 0 radical (unpaired) electrons. The van der Waals surface area contributed by atoms with Crippen LogP contribution in [0.25, 0.3) is 0 Å². The molecule has 0 unspecified atom stereocenters. The number of sulfonamides is 1. The van der Waals surface area contributed by atoms with Gasteiger partial charge in [0.25, 0.3) is 5.91 Å². The molecular formula is C27H30N2O6S. The third-order valence-corrected chi connectivity index (χ3v) is 7.39. The Morgan fingerprint density at radius 3 is 2.36 bits per heavy atom. The van der Waals surface area contributed by atoms with Crippen molar-refractivity contribution in [1.29, 1.82) is 0 Å². The maximum Gasteiger partial charge on any atom is 0.262 e. The molecule has 36 heavy (non-hydrogen) atoms. The highest BCUT2D eigenvalue weighted by atomic mass is 32.2. The van der Waals surface area contributed by atoms with Crippen molar-refractivity contribution in [2.75, 3.05) is 13.7 Å². The summed E-state index contributed by atoms with van der Waals surface area (Å²) in [5.74, 6) is 0.232. The molecular weight excluding hydrogens is 480 g/mol. The number of nitrogens with zero attached hydrogens (tertiary/aromatic N) is 1. The molecule has 0 aliphatic carbocycles. The van der Waals surface area contributed by atoms with E-state index in [1.807, 2.05) is 6.07 Å². The van der Waals surface area contributed by atoms with Gasteiger partial charge < -0.3 is 9.47 Å². The van der Waals surface area contributed by atoms with Crippen LogP contribution in [-0.4, -0.2) is 43.6 Å². The van der Waals surface area contributed by atoms with E-state index in [2.05, 4.69) is 6.58 Å². The van der Waals surface area contributed by atoms with Crippen LogP contribution in [0.1, 0.15) is 17.5 Å². The second-order valence-electron chi connectivity index (χ2n) is 7.98. The highest BCUT2D eigenvalue weighted by Crippen LogP contribution is 2.26. The van der Waals surface area contributed by atoms with Gasteiger partial charge in [0.05, 0.1) is 18.6 Å². The van der Waals surface area contributed by atoms with Gasteiger partial charge in [0.2, 0.25) is 10.0 Å². The molecule has 3 aromatic rings. The van der Waals surface area contributed by atoms with E-state index in [-0.39, 0.29) is 17.9 Å². The number of hydrogen-bond acceptors (Lipinski definition) is 6. The Labute approximate surface area is 211 Å². The number of carbonyl (C=O) groups excluding carboxylic acids is 1. The van der Waals surface area contributed by atoms with Gasteiger partial charge in [0, 0.05) is 6.54 Å². The molecule has 0 fully saturated rings. The molecule has 190 valence electrons. The van der Waals surface area contributed by atoms with Crippen molar-refractivity contribution in [3.05, 3.63) is 103 Å². The third kappa shape index (κ3) is 6.94. The quantitative estimate of drug-likeness (QED) is 0.156. The lowest BCUT2D eigenvalue weighted by molar-refractivity contribution is -0.133. The zero-order valence-corrected chi connectivity index (χ0v) is 20.9. The fourth-order valence-corrected chi connectivity index (χ4v) is 5.23. The molecule has 0 spiro atoms. The summed E-state index contributed by atoms with van der Waals surface area (Å²) in [4.78, 5) is 12.8. The fraction of sp³-hybridized carbons (Fsp3) is 0.222. The summed E-state index contributed by atoms with van der Waals surface area (Å²) in [7, 11) is -2.67. The molecule has 1 amide bonds. The van der Waals surface area contributed by atoms with Crippen molar-refractivity contribution in [3.63, 3.8) is 0 Å². The lowest BCUT2D eigenvalue weighted by Gasteiger charge is -2.30. The number of benzene rings is 3. The molecule has 0 heterocycles. The monoisotopic (exact) mass is 510 g/mol. The van der Waals surface area contributed by atoms with Crippen LogP contribution >= 0.6 is 0 Å². The lowest BCUT2D eigenvalue weighted by atomic mass is 10.0. The lowest BCUT2D eigenvalue weighted by Crippen LogP contribution is -2.49. The molecule has 8 nitrogen and oxygen atoms in total. The van der Waals surface area contributed by atoms with Gasteiger partial charge in [-0.15, -0.1) is 6.58 Å². The number of ether oxygens (including phenoxy) is 2. The van der Waals surface area contributed by atoms with E-state index >= 15 is 0 Å². The number of hydrogen-bond donors (Lipinski definition) is 2. The van der Waals surface area contributed by atoms with E-state index in [9.17, 15) is 18.4 Å². The molecule has 0 aliphatic heterocycles. The first-order chi connectivity index (χ1) is 17.4. The molecule has 0 aromatic heterocycles. The normalized spacial score (nSPS) is 12.1. The van der Waals surface area contributed by atoms with Gasteiger partial charge in [-0.05, 0) is 60.4 Å². The minimum atomic E-state index is -4.19. The minimum absolute atomic E-state index is 0.00901. The highest BCUT2D eigenvalue weighted by molar-refractivity contribution is 7.89. The summed E-state index contributed by atoms with van der Waals surface area (Å²) in [6.07, 6.45) is 2.44. The van der Waals surface area contributed by atoms with E-state index in [1.54, 1.807) is 72.2 Å².